The van der Waals surface area contributed by atoms with Crippen LogP contribution in [0.1, 0.15) is 34.6 Å². The Kier molecular flexibility index (Phi) is 98.6. The van der Waals surface area contributed by atoms with Gasteiger partial charge in [0.25, 0.3) is 0 Å². The molecule has 25 heavy (non-hydrogen) atoms. The van der Waals surface area contributed by atoms with E-state index < -0.39 is 57.7 Å². The number of carboxylic acids is 5. The molecule has 0 heterocycles. The quantitative estimate of drug-likeness (QED) is 0.232. The summed E-state index contributed by atoms with van der Waals surface area (Å²) in [6.07, 6.45) is 0. The molecule has 0 saturated heterocycles. The fraction of sp³-hybridized carbons (Fsp3) is 0.500. The van der Waals surface area contributed by atoms with E-state index in [9.17, 15) is 0 Å². The molecule has 0 bridgehead atoms. The Morgan fingerprint density at radius 3 is 0.520 bits per heavy atom. The Balaban J connectivity index is -0.0000000228. The third-order valence-corrected chi connectivity index (χ3v) is 0. The van der Waals surface area contributed by atoms with E-state index in [1.807, 2.05) is 0 Å². The van der Waals surface area contributed by atoms with Gasteiger partial charge in [0, 0.05) is 29.8 Å². The monoisotopic (exact) mass is 612 g/mol. The Bertz CT molecular complexity index is 292. The van der Waals surface area contributed by atoms with Gasteiger partial charge in [-0.2, -0.15) is 0 Å². The standard InChI is InChI=1S/5C2H4O2.Mg.Na.2O.U/c5*1-2(3)4;;;;;/h5*1H3,(H,3,4);;;;;/q;;;;;+2;+1;;;+2/p-5. The van der Waals surface area contributed by atoms with Gasteiger partial charge >= 0.3 is 84.9 Å². The van der Waals surface area contributed by atoms with Gasteiger partial charge in [-0.3, -0.25) is 0 Å². The molecule has 0 spiro atoms. The van der Waals surface area contributed by atoms with Crippen molar-refractivity contribution in [1.29, 1.82) is 0 Å². The zero-order valence-corrected chi connectivity index (χ0v) is 22.2. The van der Waals surface area contributed by atoms with E-state index >= 15 is 0 Å². The molecule has 0 N–H and O–H groups in total. The molecule has 0 atom stereocenters. The summed E-state index contributed by atoms with van der Waals surface area (Å²) in [6.45, 7) is 4.86. The van der Waals surface area contributed by atoms with Gasteiger partial charge in [0.05, 0.1) is 0 Å². The van der Waals surface area contributed by atoms with Crippen molar-refractivity contribution in [3.05, 3.63) is 0 Å². The minimum atomic E-state index is -2.51. The van der Waals surface area contributed by atoms with Crippen LogP contribution in [0.25, 0.3) is 0 Å². The van der Waals surface area contributed by atoms with E-state index in [1.165, 1.54) is 0 Å². The fourth-order valence-corrected chi connectivity index (χ4v) is 0. The van der Waals surface area contributed by atoms with Gasteiger partial charge in [0.1, 0.15) is 0 Å². The summed E-state index contributed by atoms with van der Waals surface area (Å²) in [4.78, 5) is 44.4. The van der Waals surface area contributed by atoms with Crippen LogP contribution in [-0.4, -0.2) is 52.9 Å². The molecule has 12 nitrogen and oxygen atoms in total. The summed E-state index contributed by atoms with van der Waals surface area (Å²) in [6, 6.07) is 0. The second-order valence-electron chi connectivity index (χ2n) is 2.54. The molecular weight excluding hydrogens is 597 g/mol. The summed E-state index contributed by atoms with van der Waals surface area (Å²) in [5.74, 6) is -5.42. The molecule has 0 radical (unpaired) electrons. The van der Waals surface area contributed by atoms with Crippen molar-refractivity contribution in [1.82, 2.24) is 0 Å². The van der Waals surface area contributed by atoms with Crippen molar-refractivity contribution in [2.45, 2.75) is 34.6 Å². The van der Waals surface area contributed by atoms with Crippen LogP contribution < -0.4 is 55.1 Å². The third-order valence-electron chi connectivity index (χ3n) is 0. The van der Waals surface area contributed by atoms with E-state index in [0.717, 1.165) is 34.6 Å². The molecule has 0 fully saturated rings. The molecule has 134 valence electrons. The summed E-state index contributed by atoms with van der Waals surface area (Å²) < 4.78 is 17.2. The molecule has 0 aromatic heterocycles. The van der Waals surface area contributed by atoms with Gasteiger partial charge in [-0.05, 0) is 34.6 Å². The second-order valence-corrected chi connectivity index (χ2v) is 3.24. The first-order chi connectivity index (χ1) is 10.1. The number of hydrogen-bond donors (Lipinski definition) is 0. The molecule has 0 unspecified atom stereocenters. The summed E-state index contributed by atoms with van der Waals surface area (Å²) >= 11 is -2.51. The summed E-state index contributed by atoms with van der Waals surface area (Å²) in [7, 11) is 0. The Morgan fingerprint density at radius 1 is 0.520 bits per heavy atom. The zero-order valence-electron chi connectivity index (χ0n) is 14.6. The molecule has 0 rings (SSSR count). The zero-order chi connectivity index (χ0) is 20.6. The summed E-state index contributed by atoms with van der Waals surface area (Å²) in [5.41, 5.74) is 0. The number of hydrogen-bond acceptors (Lipinski definition) is 12. The van der Waals surface area contributed by atoms with E-state index in [1.54, 1.807) is 0 Å². The summed E-state index contributed by atoms with van der Waals surface area (Å²) in [5, 5.41) is 44.4. The fourth-order valence-electron chi connectivity index (χ4n) is 0. The molecule has 0 amide bonds. The predicted molar refractivity (Wildman–Crippen MR) is 60.5 cm³/mol. The van der Waals surface area contributed by atoms with Crippen molar-refractivity contribution in [2.75, 3.05) is 0 Å². The molecule has 0 aliphatic carbocycles. The van der Waals surface area contributed by atoms with Crippen LogP contribution in [0.4, 0.5) is 0 Å². The van der Waals surface area contributed by atoms with Gasteiger partial charge in [-0.1, -0.05) is 0 Å². The molecule has 0 aliphatic rings. The number of aliphatic carboxylic acids is 5. The average molecular weight is 613 g/mol. The van der Waals surface area contributed by atoms with Gasteiger partial charge in [0.2, 0.25) is 0 Å². The average Bonchev–Trinajstić information content (AvgIpc) is 2.11. The van der Waals surface area contributed by atoms with Gasteiger partial charge in [0.15, 0.2) is 0 Å². The van der Waals surface area contributed by atoms with Crippen LogP contribution in [0, 0.1) is 27.8 Å². The number of carbonyl (C=O) groups excluding carboxylic acids is 5. The Labute approximate surface area is 197 Å². The molecular formula is C10H15MgNaO12U. The molecule has 0 aromatic rings. The second kappa shape index (κ2) is 49.6. The topological polar surface area (TPSA) is 235 Å². The first-order valence-electron chi connectivity index (χ1n) is 4.95. The van der Waals surface area contributed by atoms with E-state index in [0.29, 0.717) is 0 Å². The number of rotatable bonds is 0. The van der Waals surface area contributed by atoms with Crippen LogP contribution in [0.5, 0.6) is 0 Å². The van der Waals surface area contributed by atoms with Crippen molar-refractivity contribution >= 4 is 52.9 Å². The SMILES string of the molecule is CC(=O)[O-].CC(=O)[O-].CC(=O)[O-].CC(=O)[O-].CC(=O)[O-].[Mg+2].[Na+].[O]=[U+2]=[O]. The first kappa shape index (κ1) is 49.8. The van der Waals surface area contributed by atoms with Crippen molar-refractivity contribution in [2.24, 2.45) is 0 Å². The maximum absolute atomic E-state index is 8.89. The van der Waals surface area contributed by atoms with Gasteiger partial charge in [-0.25, -0.2) is 0 Å². The van der Waals surface area contributed by atoms with Crippen LogP contribution in [0.2, 0.25) is 0 Å². The molecule has 0 aromatic carbocycles. The molecule has 0 saturated carbocycles. The first-order valence-corrected chi connectivity index (χ1v) is 8.35. The van der Waals surface area contributed by atoms with E-state index in [4.69, 9.17) is 54.0 Å². The van der Waals surface area contributed by atoms with Crippen LogP contribution in [-0.2, 0) is 28.4 Å². The normalized spacial score (nSPS) is 5.32. The predicted octanol–water partition coefficient (Wildman–Crippen LogP) is -9.83. The van der Waals surface area contributed by atoms with Gasteiger partial charge in [-0.15, -0.1) is 0 Å². The van der Waals surface area contributed by atoms with Gasteiger partial charge < -0.3 is 49.5 Å². The minimum absolute atomic E-state index is 0. The van der Waals surface area contributed by atoms with Crippen LogP contribution >= 0.6 is 0 Å². The number of carboxylic acid groups (broad SMARTS) is 5. The molecule has 15 heteroatoms. The van der Waals surface area contributed by atoms with Crippen molar-refractivity contribution in [3.63, 3.8) is 0 Å². The maximum atomic E-state index is 8.89. The third kappa shape index (κ3) is 210000. The number of carbonyl (C=O) groups is 5. The molecule has 0 aliphatic heterocycles. The van der Waals surface area contributed by atoms with Crippen molar-refractivity contribution < 1.29 is 111 Å². The van der Waals surface area contributed by atoms with Crippen LogP contribution in [0.15, 0.2) is 0 Å². The Hall–Kier alpha value is -0.232. The van der Waals surface area contributed by atoms with E-state index in [2.05, 4.69) is 0 Å². The Morgan fingerprint density at radius 2 is 0.520 bits per heavy atom. The van der Waals surface area contributed by atoms with E-state index in [-0.39, 0.29) is 52.6 Å². The van der Waals surface area contributed by atoms with Crippen LogP contribution in [0.3, 0.4) is 0 Å². The van der Waals surface area contributed by atoms with Crippen molar-refractivity contribution in [3.8, 4) is 0 Å².